The maximum atomic E-state index is 6.50. The summed E-state index contributed by atoms with van der Waals surface area (Å²) in [5, 5.41) is 5.23. The van der Waals surface area contributed by atoms with E-state index in [4.69, 9.17) is 33.8 Å². The average Bonchev–Trinajstić information content (AvgIpc) is 3.97. The van der Waals surface area contributed by atoms with Crippen molar-refractivity contribution in [2.45, 2.75) is 0 Å². The quantitative estimate of drug-likeness (QED) is 0.173. The molecule has 0 saturated heterocycles. The molecule has 0 aliphatic rings. The minimum atomic E-state index is 0.589. The summed E-state index contributed by atoms with van der Waals surface area (Å²) in [6.45, 7) is 0. The van der Waals surface area contributed by atoms with Crippen molar-refractivity contribution < 1.29 is 8.83 Å². The molecule has 0 atom stereocenters. The van der Waals surface area contributed by atoms with Crippen LogP contribution in [0.4, 0.5) is 0 Å². The van der Waals surface area contributed by atoms with Crippen LogP contribution in [0.3, 0.4) is 0 Å². The zero-order valence-corrected chi connectivity index (χ0v) is 30.9. The van der Waals surface area contributed by atoms with Crippen LogP contribution in [0.2, 0.25) is 0 Å². The highest BCUT2D eigenvalue weighted by Gasteiger charge is 2.21. The van der Waals surface area contributed by atoms with Crippen molar-refractivity contribution in [2.75, 3.05) is 0 Å². The molecule has 0 amide bonds. The van der Waals surface area contributed by atoms with Gasteiger partial charge in [-0.05, 0) is 54.6 Å². The molecule has 5 heterocycles. The molecule has 0 aliphatic carbocycles. The highest BCUT2D eigenvalue weighted by molar-refractivity contribution is 7.25. The van der Waals surface area contributed by atoms with Crippen LogP contribution in [0.1, 0.15) is 0 Å². The summed E-state index contributed by atoms with van der Waals surface area (Å²) >= 11 is 1.78. The summed E-state index contributed by atoms with van der Waals surface area (Å²) in [5.74, 6) is 2.43. The van der Waals surface area contributed by atoms with Crippen molar-refractivity contribution in [3.8, 4) is 56.8 Å². The van der Waals surface area contributed by atoms with Crippen molar-refractivity contribution in [2.24, 2.45) is 0 Å². The Kier molecular flexibility index (Phi) is 6.96. The van der Waals surface area contributed by atoms with Crippen LogP contribution in [0.15, 0.2) is 173 Å². The standard InChI is InChI=1S/C49H27N5O2S/c1-3-12-28(13-4-1)43-45-44(33-16-7-9-19-37(33)56-45)51-47(50-43)31-22-24-32-36-26-30(23-25-38(36)55-39(32)27-31)48-52-46(29-14-5-2-6-15-29)53-49(54-48)35-18-11-21-41-42(35)34-17-8-10-20-40(34)57-41/h1-27H. The predicted octanol–water partition coefficient (Wildman–Crippen LogP) is 13.2. The Hall–Kier alpha value is -7.55. The molecule has 0 N–H and O–H groups in total. The van der Waals surface area contributed by atoms with Crippen LogP contribution >= 0.6 is 11.3 Å². The molecule has 7 nitrogen and oxygen atoms in total. The Balaban J connectivity index is 1.01. The van der Waals surface area contributed by atoms with Gasteiger partial charge in [-0.2, -0.15) is 0 Å². The van der Waals surface area contributed by atoms with Crippen molar-refractivity contribution in [1.29, 1.82) is 0 Å². The number of thiophene rings is 1. The monoisotopic (exact) mass is 749 g/mol. The van der Waals surface area contributed by atoms with Crippen molar-refractivity contribution in [3.63, 3.8) is 0 Å². The Morgan fingerprint density at radius 3 is 1.88 bits per heavy atom. The minimum Gasteiger partial charge on any atom is -0.456 e. The Bertz CT molecular complexity index is 3540. The molecule has 0 aliphatic heterocycles. The largest absolute Gasteiger partial charge is 0.456 e. The lowest BCUT2D eigenvalue weighted by Crippen LogP contribution is -2.00. The van der Waals surface area contributed by atoms with Gasteiger partial charge in [-0.25, -0.2) is 24.9 Å². The van der Waals surface area contributed by atoms with Gasteiger partial charge in [0.15, 0.2) is 28.9 Å². The number of nitrogens with zero attached hydrogens (tertiary/aromatic N) is 5. The van der Waals surface area contributed by atoms with E-state index in [0.29, 0.717) is 28.9 Å². The van der Waals surface area contributed by atoms with E-state index < -0.39 is 0 Å². The number of hydrogen-bond acceptors (Lipinski definition) is 8. The van der Waals surface area contributed by atoms with Crippen LogP contribution in [-0.4, -0.2) is 24.9 Å². The molecule has 57 heavy (non-hydrogen) atoms. The summed E-state index contributed by atoms with van der Waals surface area (Å²) < 4.78 is 15.3. The van der Waals surface area contributed by atoms with E-state index in [1.54, 1.807) is 11.3 Å². The maximum absolute atomic E-state index is 6.50. The third-order valence-electron chi connectivity index (χ3n) is 10.6. The number of benzene rings is 7. The number of hydrogen-bond donors (Lipinski definition) is 0. The van der Waals surface area contributed by atoms with E-state index >= 15 is 0 Å². The second kappa shape index (κ2) is 12.5. The summed E-state index contributed by atoms with van der Waals surface area (Å²) in [5.41, 5.74) is 9.03. The fourth-order valence-corrected chi connectivity index (χ4v) is 9.00. The second-order valence-electron chi connectivity index (χ2n) is 14.0. The highest BCUT2D eigenvalue weighted by Crippen LogP contribution is 2.41. The number of rotatable bonds is 5. The van der Waals surface area contributed by atoms with Crippen molar-refractivity contribution in [3.05, 3.63) is 164 Å². The first-order chi connectivity index (χ1) is 28.2. The second-order valence-corrected chi connectivity index (χ2v) is 15.1. The molecule has 266 valence electrons. The van der Waals surface area contributed by atoms with Gasteiger partial charge in [-0.15, -0.1) is 11.3 Å². The van der Waals surface area contributed by atoms with Crippen LogP contribution in [0.25, 0.3) is 121 Å². The van der Waals surface area contributed by atoms with Gasteiger partial charge in [0.25, 0.3) is 0 Å². The van der Waals surface area contributed by atoms with E-state index in [9.17, 15) is 0 Å². The van der Waals surface area contributed by atoms with Gasteiger partial charge in [0.05, 0.1) is 0 Å². The molecular formula is C49H27N5O2S. The SMILES string of the molecule is c1ccc(-c2nc(-c3ccc4oc5cc(-c6nc(-c7ccccc7)c7oc8ccccc8c7n6)ccc5c4c3)nc(-c3cccc4sc5ccccc5c34)n2)cc1. The Morgan fingerprint density at radius 1 is 0.368 bits per heavy atom. The molecule has 0 radical (unpaired) electrons. The Labute approximate surface area is 328 Å². The molecule has 0 spiro atoms. The van der Waals surface area contributed by atoms with Crippen LogP contribution in [0.5, 0.6) is 0 Å². The summed E-state index contributed by atoms with van der Waals surface area (Å²) in [7, 11) is 0. The molecule has 0 saturated carbocycles. The number of furan rings is 2. The molecule has 12 rings (SSSR count). The van der Waals surface area contributed by atoms with Crippen molar-refractivity contribution >= 4 is 75.5 Å². The van der Waals surface area contributed by atoms with Gasteiger partial charge in [-0.3, -0.25) is 0 Å². The maximum Gasteiger partial charge on any atom is 0.180 e. The molecular weight excluding hydrogens is 723 g/mol. The minimum absolute atomic E-state index is 0.589. The van der Waals surface area contributed by atoms with E-state index in [1.807, 2.05) is 103 Å². The van der Waals surface area contributed by atoms with Crippen LogP contribution in [0, 0.1) is 0 Å². The third-order valence-corrected chi connectivity index (χ3v) is 11.7. The fourth-order valence-electron chi connectivity index (χ4n) is 7.87. The number of para-hydroxylation sites is 1. The molecule has 7 aromatic carbocycles. The van der Waals surface area contributed by atoms with E-state index in [2.05, 4.69) is 60.7 Å². The van der Waals surface area contributed by atoms with Gasteiger partial charge >= 0.3 is 0 Å². The van der Waals surface area contributed by atoms with E-state index in [-0.39, 0.29) is 0 Å². The topological polar surface area (TPSA) is 90.7 Å². The first-order valence-corrected chi connectivity index (χ1v) is 19.5. The lowest BCUT2D eigenvalue weighted by Gasteiger charge is -2.09. The molecule has 0 fully saturated rings. The lowest BCUT2D eigenvalue weighted by molar-refractivity contribution is 0.667. The summed E-state index contributed by atoms with van der Waals surface area (Å²) in [6.07, 6.45) is 0. The van der Waals surface area contributed by atoms with Gasteiger partial charge in [0.2, 0.25) is 0 Å². The van der Waals surface area contributed by atoms with Gasteiger partial charge in [-0.1, -0.05) is 109 Å². The first-order valence-electron chi connectivity index (χ1n) is 18.7. The highest BCUT2D eigenvalue weighted by atomic mass is 32.1. The molecule has 0 unspecified atom stereocenters. The third kappa shape index (κ3) is 5.15. The van der Waals surface area contributed by atoms with Crippen LogP contribution < -0.4 is 0 Å². The zero-order valence-electron chi connectivity index (χ0n) is 30.0. The van der Waals surface area contributed by atoms with Gasteiger partial charge in [0.1, 0.15) is 28.0 Å². The van der Waals surface area contributed by atoms with Gasteiger partial charge in [0, 0.05) is 64.1 Å². The van der Waals surface area contributed by atoms with Gasteiger partial charge < -0.3 is 8.83 Å². The summed E-state index contributed by atoms with van der Waals surface area (Å²) in [6, 6.07) is 55.3. The number of aromatic nitrogens is 5. The lowest BCUT2D eigenvalue weighted by atomic mass is 10.0. The summed E-state index contributed by atoms with van der Waals surface area (Å²) in [4.78, 5) is 25.4. The predicted molar refractivity (Wildman–Crippen MR) is 230 cm³/mol. The normalized spacial score (nSPS) is 11.9. The fraction of sp³-hybridized carbons (Fsp3) is 0. The smallest absolute Gasteiger partial charge is 0.180 e. The average molecular weight is 750 g/mol. The molecule has 12 aromatic rings. The van der Waals surface area contributed by atoms with Crippen LogP contribution in [-0.2, 0) is 0 Å². The number of fused-ring (bicyclic) bond motifs is 9. The molecule has 0 bridgehead atoms. The molecule has 5 aromatic heterocycles. The Morgan fingerprint density at radius 2 is 1.02 bits per heavy atom. The first kappa shape index (κ1) is 31.8. The zero-order chi connectivity index (χ0) is 37.5. The van der Waals surface area contributed by atoms with E-state index in [0.717, 1.165) is 77.3 Å². The van der Waals surface area contributed by atoms with Crippen molar-refractivity contribution in [1.82, 2.24) is 24.9 Å². The molecule has 8 heteroatoms. The van der Waals surface area contributed by atoms with E-state index in [1.165, 1.54) is 14.8 Å².